The Hall–Kier alpha value is -2.30. The molecule has 1 aliphatic heterocycles. The molecule has 0 spiro atoms. The summed E-state index contributed by atoms with van der Waals surface area (Å²) in [6.45, 7) is 0.533. The van der Waals surface area contributed by atoms with Gasteiger partial charge in [0.2, 0.25) is 5.91 Å². The maximum absolute atomic E-state index is 13.5. The molecule has 2 unspecified atom stereocenters. The van der Waals surface area contributed by atoms with E-state index in [9.17, 15) is 13.6 Å². The lowest BCUT2D eigenvalue weighted by Gasteiger charge is -2.23. The molecule has 1 aliphatic rings. The van der Waals surface area contributed by atoms with E-state index in [4.69, 9.17) is 0 Å². The van der Waals surface area contributed by atoms with Gasteiger partial charge in [0.05, 0.1) is 0 Å². The summed E-state index contributed by atoms with van der Waals surface area (Å²) in [7, 11) is 0. The van der Waals surface area contributed by atoms with E-state index >= 15 is 0 Å². The molecule has 0 saturated carbocycles. The number of nitrogens with one attached hydrogen (secondary N) is 1. The van der Waals surface area contributed by atoms with Gasteiger partial charge < -0.3 is 5.32 Å². The van der Waals surface area contributed by atoms with Crippen LogP contribution in [0.1, 0.15) is 23.5 Å². The molecule has 1 amide bonds. The first kappa shape index (κ1) is 13.7. The monoisotopic (exact) mass is 288 g/mol. The van der Waals surface area contributed by atoms with Crippen molar-refractivity contribution in [2.75, 3.05) is 6.54 Å². The minimum absolute atomic E-state index is 0.0124. The minimum atomic E-state index is -0.871. The summed E-state index contributed by atoms with van der Waals surface area (Å²) in [6.07, 6.45) is 3.70. The van der Waals surface area contributed by atoms with Crippen LogP contribution in [0.2, 0.25) is 0 Å². The van der Waals surface area contributed by atoms with Gasteiger partial charge in [0.15, 0.2) is 11.6 Å². The zero-order valence-electron chi connectivity index (χ0n) is 11.2. The summed E-state index contributed by atoms with van der Waals surface area (Å²) < 4.78 is 26.7. The fourth-order valence-electron chi connectivity index (χ4n) is 2.88. The van der Waals surface area contributed by atoms with Crippen molar-refractivity contribution in [2.24, 2.45) is 5.92 Å². The van der Waals surface area contributed by atoms with Crippen LogP contribution in [-0.2, 0) is 4.79 Å². The Balaban J connectivity index is 2.03. The van der Waals surface area contributed by atoms with E-state index < -0.39 is 11.6 Å². The second kappa shape index (κ2) is 5.60. The third-order valence-electron chi connectivity index (χ3n) is 3.85. The van der Waals surface area contributed by atoms with Gasteiger partial charge in [-0.05, 0) is 41.3 Å². The second-order valence-corrected chi connectivity index (χ2v) is 5.20. The fourth-order valence-corrected chi connectivity index (χ4v) is 2.88. The lowest BCUT2D eigenvalue weighted by atomic mass is 9.80. The highest BCUT2D eigenvalue weighted by molar-refractivity contribution is 5.78. The molecule has 0 bridgehead atoms. The molecular formula is C16H14F2N2O. The van der Waals surface area contributed by atoms with Crippen molar-refractivity contribution in [3.63, 3.8) is 0 Å². The molecule has 2 heterocycles. The third kappa shape index (κ3) is 2.77. The molecule has 0 aliphatic carbocycles. The van der Waals surface area contributed by atoms with Crippen molar-refractivity contribution in [1.29, 1.82) is 0 Å². The van der Waals surface area contributed by atoms with Crippen LogP contribution in [0.15, 0.2) is 42.7 Å². The van der Waals surface area contributed by atoms with Gasteiger partial charge in [-0.1, -0.05) is 6.07 Å². The van der Waals surface area contributed by atoms with Gasteiger partial charge in [-0.3, -0.25) is 9.78 Å². The lowest BCUT2D eigenvalue weighted by molar-refractivity contribution is -0.119. The number of nitrogens with zero attached hydrogens (tertiary/aromatic N) is 1. The Kier molecular flexibility index (Phi) is 3.64. The van der Waals surface area contributed by atoms with E-state index in [0.29, 0.717) is 18.5 Å². The highest BCUT2D eigenvalue weighted by Gasteiger charge is 2.31. The molecule has 3 rings (SSSR count). The Morgan fingerprint density at radius 3 is 2.48 bits per heavy atom. The number of rotatable bonds is 3. The van der Waals surface area contributed by atoms with Gasteiger partial charge in [-0.25, -0.2) is 8.78 Å². The molecule has 1 N–H and O–H groups in total. The first-order valence-electron chi connectivity index (χ1n) is 6.76. The maximum atomic E-state index is 13.5. The molecule has 2 atom stereocenters. The van der Waals surface area contributed by atoms with Crippen molar-refractivity contribution < 1.29 is 13.6 Å². The fraction of sp³-hybridized carbons (Fsp3) is 0.250. The van der Waals surface area contributed by atoms with Crippen molar-refractivity contribution in [3.8, 4) is 0 Å². The van der Waals surface area contributed by atoms with Crippen LogP contribution >= 0.6 is 0 Å². The number of carbonyl (C=O) groups is 1. The van der Waals surface area contributed by atoms with Crippen molar-refractivity contribution in [1.82, 2.24) is 10.3 Å². The number of aromatic nitrogens is 1. The molecule has 3 nitrogen and oxygen atoms in total. The minimum Gasteiger partial charge on any atom is -0.356 e. The maximum Gasteiger partial charge on any atom is 0.220 e. The Bertz CT molecular complexity index is 661. The standard InChI is InChI=1S/C16H14F2N2O/c17-13-2-1-11(7-14(13)18)16(10-3-5-19-6-4-10)12-8-15(21)20-9-12/h1-7,12,16H,8-9H2,(H,20,21). The number of benzene rings is 1. The van der Waals surface area contributed by atoms with Crippen LogP contribution in [0, 0.1) is 17.6 Å². The van der Waals surface area contributed by atoms with E-state index in [1.54, 1.807) is 18.5 Å². The number of pyridine rings is 1. The van der Waals surface area contributed by atoms with Gasteiger partial charge in [0.25, 0.3) is 0 Å². The van der Waals surface area contributed by atoms with Crippen LogP contribution in [0.5, 0.6) is 0 Å². The van der Waals surface area contributed by atoms with Crippen LogP contribution in [0.3, 0.4) is 0 Å². The largest absolute Gasteiger partial charge is 0.356 e. The predicted octanol–water partition coefficient (Wildman–Crippen LogP) is 2.63. The lowest BCUT2D eigenvalue weighted by Crippen LogP contribution is -2.18. The molecule has 21 heavy (non-hydrogen) atoms. The van der Waals surface area contributed by atoms with Gasteiger partial charge in [0.1, 0.15) is 0 Å². The van der Waals surface area contributed by atoms with Crippen molar-refractivity contribution in [3.05, 3.63) is 65.5 Å². The van der Waals surface area contributed by atoms with Crippen LogP contribution < -0.4 is 5.32 Å². The molecule has 2 aromatic rings. The summed E-state index contributed by atoms with van der Waals surface area (Å²) in [5.74, 6) is -1.90. The number of halogens is 2. The highest BCUT2D eigenvalue weighted by Crippen LogP contribution is 2.35. The Labute approximate surface area is 121 Å². The molecule has 1 aromatic carbocycles. The van der Waals surface area contributed by atoms with Crippen molar-refractivity contribution >= 4 is 5.91 Å². The van der Waals surface area contributed by atoms with Crippen LogP contribution in [-0.4, -0.2) is 17.4 Å². The van der Waals surface area contributed by atoms with E-state index in [0.717, 1.165) is 11.6 Å². The quantitative estimate of drug-likeness (QED) is 0.943. The molecule has 5 heteroatoms. The molecule has 1 saturated heterocycles. The average molecular weight is 288 g/mol. The number of hydrogen-bond acceptors (Lipinski definition) is 2. The van der Waals surface area contributed by atoms with Crippen LogP contribution in [0.25, 0.3) is 0 Å². The Morgan fingerprint density at radius 1 is 1.10 bits per heavy atom. The molecule has 1 aromatic heterocycles. The first-order chi connectivity index (χ1) is 10.1. The first-order valence-corrected chi connectivity index (χ1v) is 6.76. The van der Waals surface area contributed by atoms with Gasteiger partial charge >= 0.3 is 0 Å². The van der Waals surface area contributed by atoms with Gasteiger partial charge in [-0.15, -0.1) is 0 Å². The van der Waals surface area contributed by atoms with Crippen LogP contribution in [0.4, 0.5) is 8.78 Å². The molecule has 1 fully saturated rings. The van der Waals surface area contributed by atoms with E-state index in [1.165, 1.54) is 6.07 Å². The number of carbonyl (C=O) groups excluding carboxylic acids is 1. The number of amides is 1. The second-order valence-electron chi connectivity index (χ2n) is 5.20. The van der Waals surface area contributed by atoms with E-state index in [-0.39, 0.29) is 17.7 Å². The van der Waals surface area contributed by atoms with E-state index in [2.05, 4.69) is 10.3 Å². The summed E-state index contributed by atoms with van der Waals surface area (Å²) in [4.78, 5) is 15.5. The SMILES string of the molecule is O=C1CC(C(c2ccncc2)c2ccc(F)c(F)c2)CN1. The molecule has 108 valence electrons. The summed E-state index contributed by atoms with van der Waals surface area (Å²) in [6, 6.07) is 7.60. The predicted molar refractivity (Wildman–Crippen MR) is 73.6 cm³/mol. The summed E-state index contributed by atoms with van der Waals surface area (Å²) >= 11 is 0. The smallest absolute Gasteiger partial charge is 0.220 e. The average Bonchev–Trinajstić information content (AvgIpc) is 2.90. The molecule has 0 radical (unpaired) electrons. The number of hydrogen-bond donors (Lipinski definition) is 1. The normalized spacial score (nSPS) is 19.3. The van der Waals surface area contributed by atoms with Gasteiger partial charge in [0, 0.05) is 31.3 Å². The third-order valence-corrected chi connectivity index (χ3v) is 3.85. The summed E-state index contributed by atoms with van der Waals surface area (Å²) in [5, 5.41) is 2.79. The zero-order valence-corrected chi connectivity index (χ0v) is 11.2. The zero-order chi connectivity index (χ0) is 14.8. The highest BCUT2D eigenvalue weighted by atomic mass is 19.2. The Morgan fingerprint density at radius 2 is 1.86 bits per heavy atom. The molecular weight excluding hydrogens is 274 g/mol. The van der Waals surface area contributed by atoms with E-state index in [1.807, 2.05) is 12.1 Å². The van der Waals surface area contributed by atoms with Gasteiger partial charge in [-0.2, -0.15) is 0 Å². The summed E-state index contributed by atoms with van der Waals surface area (Å²) in [5.41, 5.74) is 1.61. The topological polar surface area (TPSA) is 42.0 Å². The van der Waals surface area contributed by atoms with Crippen molar-refractivity contribution in [2.45, 2.75) is 12.3 Å².